The van der Waals surface area contributed by atoms with Gasteiger partial charge in [-0.25, -0.2) is 18.6 Å². The van der Waals surface area contributed by atoms with Crippen LogP contribution in [0.2, 0.25) is 0 Å². The Morgan fingerprint density at radius 3 is 2.48 bits per heavy atom. The van der Waals surface area contributed by atoms with Crippen molar-refractivity contribution >= 4 is 17.9 Å². The molecule has 0 amide bonds. The maximum absolute atomic E-state index is 13.5. The van der Waals surface area contributed by atoms with Gasteiger partial charge < -0.3 is 4.74 Å². The number of benzene rings is 2. The van der Waals surface area contributed by atoms with Crippen LogP contribution >= 0.6 is 0 Å². The maximum atomic E-state index is 13.5. The average Bonchev–Trinajstić information content (AvgIpc) is 2.89. The van der Waals surface area contributed by atoms with E-state index in [2.05, 4.69) is 4.99 Å². The van der Waals surface area contributed by atoms with E-state index in [1.807, 2.05) is 0 Å². The molecule has 1 heterocycles. The second-order valence-electron chi connectivity index (χ2n) is 5.07. The highest BCUT2D eigenvalue weighted by molar-refractivity contribution is 6.07. The monoisotopic (exact) mass is 313 g/mol. The number of aryl methyl sites for hydroxylation is 1. The molecule has 5 heteroatoms. The van der Waals surface area contributed by atoms with Crippen molar-refractivity contribution in [3.8, 4) is 0 Å². The smallest absolute Gasteiger partial charge is 0.363 e. The van der Waals surface area contributed by atoms with Gasteiger partial charge in [-0.15, -0.1) is 0 Å². The van der Waals surface area contributed by atoms with Crippen LogP contribution in [0.15, 0.2) is 59.2 Å². The van der Waals surface area contributed by atoms with E-state index >= 15 is 0 Å². The summed E-state index contributed by atoms with van der Waals surface area (Å²) < 4.78 is 31.5. The Morgan fingerprint density at radius 2 is 1.74 bits per heavy atom. The van der Waals surface area contributed by atoms with Gasteiger partial charge in [0.1, 0.15) is 11.6 Å². The Hall–Kier alpha value is -2.82. The van der Waals surface area contributed by atoms with Gasteiger partial charge in [-0.1, -0.05) is 30.3 Å². The van der Waals surface area contributed by atoms with E-state index in [9.17, 15) is 13.6 Å². The first-order valence-corrected chi connectivity index (χ1v) is 7.12. The fraction of sp³-hybridized carbons (Fsp3) is 0.111. The minimum absolute atomic E-state index is 0.153. The fourth-order valence-electron chi connectivity index (χ4n) is 2.22. The zero-order valence-electron chi connectivity index (χ0n) is 12.1. The van der Waals surface area contributed by atoms with E-state index in [4.69, 9.17) is 4.74 Å². The third kappa shape index (κ3) is 3.69. The van der Waals surface area contributed by atoms with Crippen LogP contribution in [0, 0.1) is 11.6 Å². The summed E-state index contributed by atoms with van der Waals surface area (Å²) in [6, 6.07) is 12.1. The van der Waals surface area contributed by atoms with Crippen LogP contribution in [0.3, 0.4) is 0 Å². The number of carbonyl (C=O) groups excluding carboxylic acids is 1. The first-order chi connectivity index (χ1) is 11.1. The number of hydrogen-bond donors (Lipinski definition) is 0. The van der Waals surface area contributed by atoms with Gasteiger partial charge in [0.2, 0.25) is 0 Å². The van der Waals surface area contributed by atoms with Crippen LogP contribution in [-0.2, 0) is 16.0 Å². The first kappa shape index (κ1) is 15.1. The Balaban J connectivity index is 1.71. The lowest BCUT2D eigenvalue weighted by Crippen LogP contribution is -2.05. The molecule has 116 valence electrons. The zero-order chi connectivity index (χ0) is 16.2. The number of ether oxygens (including phenoxy) is 1. The van der Waals surface area contributed by atoms with Crippen molar-refractivity contribution in [2.24, 2.45) is 4.99 Å². The molecule has 1 aliphatic rings. The summed E-state index contributed by atoms with van der Waals surface area (Å²) in [7, 11) is 0. The highest BCUT2D eigenvalue weighted by Gasteiger charge is 2.22. The lowest BCUT2D eigenvalue weighted by molar-refractivity contribution is -0.130. The Bertz CT molecular complexity index is 795. The molecule has 2 aromatic rings. The highest BCUT2D eigenvalue weighted by Crippen LogP contribution is 2.18. The number of hydrogen-bond acceptors (Lipinski definition) is 3. The summed E-state index contributed by atoms with van der Waals surface area (Å²) in [5.74, 6) is -0.945. The van der Waals surface area contributed by atoms with E-state index in [1.165, 1.54) is 24.3 Å². The number of carbonyl (C=O) groups is 1. The quantitative estimate of drug-likeness (QED) is 0.634. The SMILES string of the molecule is O=C1OC(CCc2ccccc2F)=N/C1=C/c1ccc(F)cc1. The van der Waals surface area contributed by atoms with Crippen LogP contribution in [-0.4, -0.2) is 11.9 Å². The maximum Gasteiger partial charge on any atom is 0.363 e. The van der Waals surface area contributed by atoms with Crippen molar-refractivity contribution in [3.05, 3.63) is 77.0 Å². The largest absolute Gasteiger partial charge is 0.407 e. The number of nitrogens with zero attached hydrogens (tertiary/aromatic N) is 1. The number of halogens is 2. The zero-order valence-corrected chi connectivity index (χ0v) is 12.1. The molecule has 0 N–H and O–H groups in total. The number of esters is 1. The van der Waals surface area contributed by atoms with Crippen LogP contribution in [0.4, 0.5) is 8.78 Å². The van der Waals surface area contributed by atoms with Gasteiger partial charge in [0, 0.05) is 6.42 Å². The van der Waals surface area contributed by atoms with Crippen molar-refractivity contribution in [1.29, 1.82) is 0 Å². The van der Waals surface area contributed by atoms with Crippen LogP contribution in [0.1, 0.15) is 17.5 Å². The molecular formula is C18H13F2NO2. The Morgan fingerprint density at radius 1 is 1.00 bits per heavy atom. The fourth-order valence-corrected chi connectivity index (χ4v) is 2.22. The van der Waals surface area contributed by atoms with Crippen molar-refractivity contribution in [3.63, 3.8) is 0 Å². The van der Waals surface area contributed by atoms with Crippen molar-refractivity contribution < 1.29 is 18.3 Å². The van der Waals surface area contributed by atoms with Gasteiger partial charge in [0.15, 0.2) is 11.6 Å². The molecule has 0 radical (unpaired) electrons. The molecule has 0 saturated heterocycles. The molecule has 23 heavy (non-hydrogen) atoms. The number of rotatable bonds is 4. The van der Waals surface area contributed by atoms with Gasteiger partial charge in [-0.3, -0.25) is 0 Å². The molecule has 0 fully saturated rings. The summed E-state index contributed by atoms with van der Waals surface area (Å²) >= 11 is 0. The van der Waals surface area contributed by atoms with E-state index in [1.54, 1.807) is 30.3 Å². The van der Waals surface area contributed by atoms with Gasteiger partial charge in [0.25, 0.3) is 0 Å². The van der Waals surface area contributed by atoms with E-state index < -0.39 is 5.97 Å². The van der Waals surface area contributed by atoms with Gasteiger partial charge in [0.05, 0.1) is 0 Å². The normalized spacial score (nSPS) is 15.7. The molecule has 2 aromatic carbocycles. The van der Waals surface area contributed by atoms with E-state index in [-0.39, 0.29) is 23.2 Å². The third-order valence-electron chi connectivity index (χ3n) is 3.40. The molecule has 0 atom stereocenters. The molecule has 0 unspecified atom stereocenters. The lowest BCUT2D eigenvalue weighted by Gasteiger charge is -2.01. The van der Waals surface area contributed by atoms with E-state index in [0.717, 1.165) is 0 Å². The topological polar surface area (TPSA) is 38.7 Å². The molecule has 0 saturated carbocycles. The summed E-state index contributed by atoms with van der Waals surface area (Å²) in [6.45, 7) is 0. The van der Waals surface area contributed by atoms with Crippen molar-refractivity contribution in [2.75, 3.05) is 0 Å². The minimum Gasteiger partial charge on any atom is -0.407 e. The third-order valence-corrected chi connectivity index (χ3v) is 3.40. The highest BCUT2D eigenvalue weighted by atomic mass is 19.1. The second-order valence-corrected chi connectivity index (χ2v) is 5.07. The predicted molar refractivity (Wildman–Crippen MR) is 82.6 cm³/mol. The van der Waals surface area contributed by atoms with Crippen LogP contribution in [0.25, 0.3) is 6.08 Å². The molecular weight excluding hydrogens is 300 g/mol. The van der Waals surface area contributed by atoms with Gasteiger partial charge >= 0.3 is 5.97 Å². The molecule has 0 spiro atoms. The van der Waals surface area contributed by atoms with Gasteiger partial charge in [-0.2, -0.15) is 0 Å². The minimum atomic E-state index is -0.558. The Kier molecular flexibility index (Phi) is 4.28. The number of cyclic esters (lactones) is 1. The molecule has 0 aromatic heterocycles. The van der Waals surface area contributed by atoms with Crippen molar-refractivity contribution in [1.82, 2.24) is 0 Å². The van der Waals surface area contributed by atoms with Crippen LogP contribution < -0.4 is 0 Å². The molecule has 3 rings (SSSR count). The number of aliphatic imine (C=N–C) groups is 1. The molecule has 1 aliphatic heterocycles. The summed E-state index contributed by atoms with van der Waals surface area (Å²) in [4.78, 5) is 15.9. The van der Waals surface area contributed by atoms with E-state index in [0.29, 0.717) is 24.0 Å². The first-order valence-electron chi connectivity index (χ1n) is 7.12. The molecule has 0 bridgehead atoms. The predicted octanol–water partition coefficient (Wildman–Crippen LogP) is 3.89. The van der Waals surface area contributed by atoms with Gasteiger partial charge in [-0.05, 0) is 41.8 Å². The summed E-state index contributed by atoms with van der Waals surface area (Å²) in [5, 5.41) is 0. The van der Waals surface area contributed by atoms with Crippen LogP contribution in [0.5, 0.6) is 0 Å². The molecule has 0 aliphatic carbocycles. The average molecular weight is 313 g/mol. The molecule has 3 nitrogen and oxygen atoms in total. The van der Waals surface area contributed by atoms with Crippen molar-refractivity contribution in [2.45, 2.75) is 12.8 Å². The second kappa shape index (κ2) is 6.52. The summed E-state index contributed by atoms with van der Waals surface area (Å²) in [6.07, 6.45) is 2.24. The Labute approximate surface area is 131 Å². The summed E-state index contributed by atoms with van der Waals surface area (Å²) in [5.41, 5.74) is 1.35. The lowest BCUT2D eigenvalue weighted by atomic mass is 10.1. The standard InChI is InChI=1S/C18H13F2NO2/c19-14-8-5-12(6-9-14)11-16-18(22)23-17(21-16)10-7-13-3-1-2-4-15(13)20/h1-6,8-9,11H,7,10H2/b16-11+.